The van der Waals surface area contributed by atoms with Gasteiger partial charge < -0.3 is 4.74 Å². The topological polar surface area (TPSA) is 9.23 Å². The minimum Gasteiger partial charge on any atom is -0.491 e. The maximum atomic E-state index is 14.8. The largest absolute Gasteiger partial charge is 0.491 e. The van der Waals surface area contributed by atoms with Gasteiger partial charge in [-0.25, -0.2) is 13.2 Å². The fourth-order valence-corrected chi connectivity index (χ4v) is 3.82. The highest BCUT2D eigenvalue weighted by atomic mass is 19.2. The summed E-state index contributed by atoms with van der Waals surface area (Å²) in [6.45, 7) is 3.95. The quantitative estimate of drug-likeness (QED) is 0.191. The van der Waals surface area contributed by atoms with Crippen LogP contribution in [0.25, 0.3) is 34.4 Å². The Morgan fingerprint density at radius 3 is 1.77 bits per heavy atom. The van der Waals surface area contributed by atoms with Crippen LogP contribution in [0.2, 0.25) is 0 Å². The second-order valence-corrected chi connectivity index (χ2v) is 8.01. The van der Waals surface area contributed by atoms with Crippen LogP contribution in [0.1, 0.15) is 30.5 Å². The molecule has 1 nitrogen and oxygen atoms in total. The maximum Gasteiger partial charge on any atom is 0.201 e. The summed E-state index contributed by atoms with van der Waals surface area (Å²) in [6.07, 6.45) is 3.98. The van der Waals surface area contributed by atoms with Crippen LogP contribution in [-0.2, 0) is 6.42 Å². The molecule has 0 saturated carbocycles. The minimum absolute atomic E-state index is 0.108. The summed E-state index contributed by atoms with van der Waals surface area (Å²) in [5, 5.41) is 0. The van der Waals surface area contributed by atoms with Crippen LogP contribution in [0.5, 0.6) is 5.75 Å². The molecule has 0 fully saturated rings. The third-order valence-electron chi connectivity index (χ3n) is 5.81. The molecule has 4 aromatic rings. The molecule has 5 heteroatoms. The third-order valence-corrected chi connectivity index (χ3v) is 5.81. The van der Waals surface area contributed by atoms with Crippen LogP contribution >= 0.6 is 0 Å². The zero-order chi connectivity index (χ0) is 24.9. The summed E-state index contributed by atoms with van der Waals surface area (Å²) in [5.74, 6) is -3.98. The van der Waals surface area contributed by atoms with Gasteiger partial charge in [0.1, 0.15) is 0 Å². The molecule has 0 N–H and O–H groups in total. The van der Waals surface area contributed by atoms with Gasteiger partial charge in [0.25, 0.3) is 0 Å². The smallest absolute Gasteiger partial charge is 0.201 e. The second-order valence-electron chi connectivity index (χ2n) is 8.01. The molecule has 0 aliphatic carbocycles. The molecule has 0 aliphatic rings. The van der Waals surface area contributed by atoms with E-state index in [1.165, 1.54) is 24.3 Å². The van der Waals surface area contributed by atoms with Crippen LogP contribution in [0.3, 0.4) is 0 Å². The first-order chi connectivity index (χ1) is 16.9. The lowest BCUT2D eigenvalue weighted by molar-refractivity contribution is 0.314. The fourth-order valence-electron chi connectivity index (χ4n) is 3.82. The van der Waals surface area contributed by atoms with E-state index in [2.05, 4.69) is 0 Å². The Hall–Kier alpha value is -3.86. The van der Waals surface area contributed by atoms with Crippen molar-refractivity contribution in [3.8, 4) is 28.0 Å². The Morgan fingerprint density at radius 1 is 0.600 bits per heavy atom. The Morgan fingerprint density at radius 2 is 1.17 bits per heavy atom. The first-order valence-corrected chi connectivity index (χ1v) is 11.4. The number of benzene rings is 4. The van der Waals surface area contributed by atoms with Crippen LogP contribution in [-0.4, -0.2) is 6.61 Å². The van der Waals surface area contributed by atoms with Gasteiger partial charge in [-0.3, -0.25) is 0 Å². The molecule has 0 heterocycles. The number of halogens is 4. The number of aryl methyl sites for hydroxylation is 1. The molecule has 0 atom stereocenters. The number of hydrogen-bond acceptors (Lipinski definition) is 1. The second kappa shape index (κ2) is 10.6. The van der Waals surface area contributed by atoms with E-state index in [9.17, 15) is 17.6 Å². The molecule has 4 aromatic carbocycles. The molecular formula is C30H24F4O. The van der Waals surface area contributed by atoms with Crippen LogP contribution in [0.15, 0.2) is 72.8 Å². The summed E-state index contributed by atoms with van der Waals surface area (Å²) in [7, 11) is 0. The van der Waals surface area contributed by atoms with E-state index < -0.39 is 23.3 Å². The van der Waals surface area contributed by atoms with Crippen molar-refractivity contribution in [1.29, 1.82) is 0 Å². The molecule has 178 valence electrons. The average Bonchev–Trinajstić information content (AvgIpc) is 2.88. The molecule has 0 bridgehead atoms. The van der Waals surface area contributed by atoms with Crippen LogP contribution in [0.4, 0.5) is 17.6 Å². The van der Waals surface area contributed by atoms with E-state index in [0.717, 1.165) is 12.0 Å². The first kappa shape index (κ1) is 24.3. The zero-order valence-corrected chi connectivity index (χ0v) is 19.4. The minimum atomic E-state index is -1.03. The number of rotatable bonds is 7. The summed E-state index contributed by atoms with van der Waals surface area (Å²) < 4.78 is 63.2. The van der Waals surface area contributed by atoms with E-state index in [1.807, 2.05) is 19.1 Å². The molecule has 0 saturated heterocycles. The molecule has 35 heavy (non-hydrogen) atoms. The standard InChI is InChI=1S/C30H24F4O/c1-3-19-5-10-21(11-6-19)24-16-15-23(27(31)28(24)32)14-9-20-7-12-22(13-8-20)25-17-18-26(35-4-2)30(34)29(25)33/h5-18H,3-4H2,1-2H3. The third kappa shape index (κ3) is 5.14. The SMILES string of the molecule is CCOc1ccc(-c2ccc(C=Cc3ccc(-c4ccc(CC)cc4)c(F)c3F)cc2)c(F)c1F. The Bertz CT molecular complexity index is 1360. The number of ether oxygens (including phenoxy) is 1. The lowest BCUT2D eigenvalue weighted by Crippen LogP contribution is -1.98. The predicted octanol–water partition coefficient (Wildman–Crippen LogP) is 8.71. The van der Waals surface area contributed by atoms with Crippen LogP contribution < -0.4 is 4.74 Å². The van der Waals surface area contributed by atoms with Crippen molar-refractivity contribution < 1.29 is 22.3 Å². The zero-order valence-electron chi connectivity index (χ0n) is 19.4. The summed E-state index contributed by atoms with van der Waals surface area (Å²) in [6, 6.07) is 20.0. The van der Waals surface area contributed by atoms with Gasteiger partial charge in [0.05, 0.1) is 6.61 Å². The van der Waals surface area contributed by atoms with Crippen molar-refractivity contribution in [2.75, 3.05) is 6.61 Å². The monoisotopic (exact) mass is 476 g/mol. The molecule has 4 rings (SSSR count). The predicted molar refractivity (Wildman–Crippen MR) is 133 cm³/mol. The number of hydrogen-bond donors (Lipinski definition) is 0. The van der Waals surface area contributed by atoms with Gasteiger partial charge in [-0.2, -0.15) is 4.39 Å². The average molecular weight is 477 g/mol. The molecule has 0 unspecified atom stereocenters. The van der Waals surface area contributed by atoms with Crippen molar-refractivity contribution in [1.82, 2.24) is 0 Å². The Labute approximate surface area is 202 Å². The van der Waals surface area contributed by atoms with Gasteiger partial charge in [-0.15, -0.1) is 0 Å². The van der Waals surface area contributed by atoms with Crippen LogP contribution in [0, 0.1) is 23.3 Å². The molecule has 0 aromatic heterocycles. The fraction of sp³-hybridized carbons (Fsp3) is 0.133. The molecule has 0 aliphatic heterocycles. The highest BCUT2D eigenvalue weighted by molar-refractivity contribution is 5.74. The van der Waals surface area contributed by atoms with Gasteiger partial charge in [0.15, 0.2) is 23.2 Å². The van der Waals surface area contributed by atoms with E-state index in [-0.39, 0.29) is 29.0 Å². The highest BCUT2D eigenvalue weighted by Crippen LogP contribution is 2.31. The normalized spacial score (nSPS) is 11.3. The van der Waals surface area contributed by atoms with Gasteiger partial charge in [0.2, 0.25) is 5.82 Å². The lowest BCUT2D eigenvalue weighted by atomic mass is 10.00. The highest BCUT2D eigenvalue weighted by Gasteiger charge is 2.16. The van der Waals surface area contributed by atoms with Crippen molar-refractivity contribution in [3.63, 3.8) is 0 Å². The summed E-state index contributed by atoms with van der Waals surface area (Å²) >= 11 is 0. The van der Waals surface area contributed by atoms with Gasteiger partial charge in [0, 0.05) is 16.7 Å². The Kier molecular flexibility index (Phi) is 7.35. The van der Waals surface area contributed by atoms with E-state index in [1.54, 1.807) is 55.5 Å². The Balaban J connectivity index is 1.54. The van der Waals surface area contributed by atoms with E-state index >= 15 is 0 Å². The summed E-state index contributed by atoms with van der Waals surface area (Å²) in [4.78, 5) is 0. The summed E-state index contributed by atoms with van der Waals surface area (Å²) in [5.41, 5.74) is 3.34. The van der Waals surface area contributed by atoms with Gasteiger partial charge in [-0.1, -0.05) is 79.7 Å². The van der Waals surface area contributed by atoms with Crippen molar-refractivity contribution >= 4 is 12.2 Å². The van der Waals surface area contributed by atoms with Crippen molar-refractivity contribution in [2.45, 2.75) is 20.3 Å². The molecular weight excluding hydrogens is 452 g/mol. The van der Waals surface area contributed by atoms with Crippen molar-refractivity contribution in [2.24, 2.45) is 0 Å². The van der Waals surface area contributed by atoms with Crippen molar-refractivity contribution in [3.05, 3.63) is 113 Å². The van der Waals surface area contributed by atoms with E-state index in [0.29, 0.717) is 16.7 Å². The molecule has 0 radical (unpaired) electrons. The molecule has 0 amide bonds. The lowest BCUT2D eigenvalue weighted by Gasteiger charge is -2.09. The van der Waals surface area contributed by atoms with Gasteiger partial charge in [-0.05, 0) is 47.7 Å². The van der Waals surface area contributed by atoms with E-state index in [4.69, 9.17) is 4.74 Å². The van der Waals surface area contributed by atoms with Gasteiger partial charge >= 0.3 is 0 Å². The maximum absolute atomic E-state index is 14.8. The molecule has 0 spiro atoms. The first-order valence-electron chi connectivity index (χ1n) is 11.4.